The first-order valence-electron chi connectivity index (χ1n) is 6.94. The van der Waals surface area contributed by atoms with E-state index in [1.807, 2.05) is 0 Å². The van der Waals surface area contributed by atoms with Gasteiger partial charge in [0.2, 0.25) is 5.13 Å². The third kappa shape index (κ3) is 3.87. The number of imide groups is 1. The third-order valence-electron chi connectivity index (χ3n) is 2.95. The number of thiazole rings is 1. The summed E-state index contributed by atoms with van der Waals surface area (Å²) in [7, 11) is 0. The Morgan fingerprint density at radius 2 is 2.04 bits per heavy atom. The molecular weight excluding hydrogens is 344 g/mol. The lowest BCUT2D eigenvalue weighted by molar-refractivity contribution is 0.0833. The molecule has 3 aromatic heterocycles. The molecule has 0 unspecified atom stereocenters. The number of rotatable bonds is 4. The number of nitrogens with zero attached hydrogens (tertiary/aromatic N) is 3. The van der Waals surface area contributed by atoms with E-state index in [1.165, 1.54) is 29.8 Å². The predicted molar refractivity (Wildman–Crippen MR) is 91.3 cm³/mol. The molecule has 0 atom stereocenters. The van der Waals surface area contributed by atoms with Gasteiger partial charge in [0, 0.05) is 17.8 Å². The van der Waals surface area contributed by atoms with Crippen molar-refractivity contribution in [2.24, 2.45) is 16.5 Å². The van der Waals surface area contributed by atoms with Crippen LogP contribution in [0.1, 0.15) is 20.9 Å². The zero-order valence-corrected chi connectivity index (χ0v) is 13.5. The fourth-order valence-corrected chi connectivity index (χ4v) is 2.57. The van der Waals surface area contributed by atoms with Crippen molar-refractivity contribution in [2.75, 3.05) is 0 Å². The van der Waals surface area contributed by atoms with Gasteiger partial charge in [-0.05, 0) is 24.3 Å². The minimum atomic E-state index is -0.667. The topological polar surface area (TPSA) is 149 Å². The molecule has 0 fully saturated rings. The molecular formula is C15H12N6O3S. The van der Waals surface area contributed by atoms with Crippen LogP contribution in [-0.2, 0) is 0 Å². The number of hydrogen-bond donors (Lipinski definition) is 3. The Morgan fingerprint density at radius 1 is 1.20 bits per heavy atom. The van der Waals surface area contributed by atoms with Gasteiger partial charge >= 0.3 is 0 Å². The molecule has 0 bridgehead atoms. The van der Waals surface area contributed by atoms with Crippen LogP contribution >= 0.6 is 11.3 Å². The summed E-state index contributed by atoms with van der Waals surface area (Å²) in [4.78, 5) is 35.9. The number of furan rings is 1. The van der Waals surface area contributed by atoms with E-state index in [1.54, 1.807) is 23.6 Å². The van der Waals surface area contributed by atoms with Gasteiger partial charge in [0.05, 0.1) is 5.56 Å². The molecule has 3 heterocycles. The number of aliphatic imine (C=N–C) groups is 1. The Balaban J connectivity index is 1.72. The smallest absolute Gasteiger partial charge is 0.293 e. The van der Waals surface area contributed by atoms with E-state index in [4.69, 9.17) is 15.9 Å². The highest BCUT2D eigenvalue weighted by atomic mass is 32.1. The lowest BCUT2D eigenvalue weighted by Gasteiger charge is -2.01. The molecule has 0 saturated heterocycles. The molecule has 3 rings (SSSR count). The summed E-state index contributed by atoms with van der Waals surface area (Å²) in [6.07, 6.45) is 2.89. The zero-order valence-electron chi connectivity index (χ0n) is 12.7. The van der Waals surface area contributed by atoms with Crippen LogP contribution < -0.4 is 16.8 Å². The lowest BCUT2D eigenvalue weighted by atomic mass is 10.2. The Labute approximate surface area is 145 Å². The number of carbonyl (C=O) groups excluding carboxylic acids is 2. The van der Waals surface area contributed by atoms with Crippen molar-refractivity contribution in [1.82, 2.24) is 15.3 Å². The van der Waals surface area contributed by atoms with Crippen LogP contribution in [0.25, 0.3) is 11.5 Å². The van der Waals surface area contributed by atoms with E-state index in [0.717, 1.165) is 0 Å². The fourth-order valence-electron chi connectivity index (χ4n) is 1.87. The van der Waals surface area contributed by atoms with Crippen LogP contribution in [0.5, 0.6) is 0 Å². The highest BCUT2D eigenvalue weighted by Crippen LogP contribution is 2.28. The van der Waals surface area contributed by atoms with Gasteiger partial charge in [-0.15, -0.1) is 11.3 Å². The van der Waals surface area contributed by atoms with Crippen LogP contribution in [-0.4, -0.2) is 27.7 Å². The second-order valence-corrected chi connectivity index (χ2v) is 5.58. The van der Waals surface area contributed by atoms with Gasteiger partial charge in [0.1, 0.15) is 5.69 Å². The van der Waals surface area contributed by atoms with E-state index in [9.17, 15) is 9.59 Å². The summed E-state index contributed by atoms with van der Waals surface area (Å²) >= 11 is 1.22. The number of hydrogen-bond acceptors (Lipinski definition) is 7. The third-order valence-corrected chi connectivity index (χ3v) is 3.68. The summed E-state index contributed by atoms with van der Waals surface area (Å²) in [5.41, 5.74) is 11.3. The molecule has 2 amide bonds. The van der Waals surface area contributed by atoms with Gasteiger partial charge < -0.3 is 15.9 Å². The van der Waals surface area contributed by atoms with Gasteiger partial charge in [-0.25, -0.2) is 4.98 Å². The Bertz CT molecular complexity index is 943. The van der Waals surface area contributed by atoms with Crippen molar-refractivity contribution in [3.63, 3.8) is 0 Å². The van der Waals surface area contributed by atoms with Crippen LogP contribution in [0, 0.1) is 0 Å². The maximum absolute atomic E-state index is 12.1. The fraction of sp³-hybridized carbons (Fsp3) is 0. The van der Waals surface area contributed by atoms with Gasteiger partial charge in [-0.3, -0.25) is 19.9 Å². The summed E-state index contributed by atoms with van der Waals surface area (Å²) in [6.45, 7) is 0. The first-order chi connectivity index (χ1) is 12.0. The average Bonchev–Trinajstić information content (AvgIpc) is 3.24. The SMILES string of the molecule is NC(N)=Nc1nc(-c2ccc(C(=O)NC(=O)c3cccnc3)o2)cs1. The van der Waals surface area contributed by atoms with Crippen molar-refractivity contribution in [3.8, 4) is 11.5 Å². The van der Waals surface area contributed by atoms with Crippen LogP contribution in [0.4, 0.5) is 5.13 Å². The maximum atomic E-state index is 12.1. The monoisotopic (exact) mass is 356 g/mol. The minimum Gasteiger partial charge on any atom is -0.449 e. The van der Waals surface area contributed by atoms with Crippen molar-refractivity contribution < 1.29 is 14.0 Å². The summed E-state index contributed by atoms with van der Waals surface area (Å²) < 4.78 is 5.44. The van der Waals surface area contributed by atoms with E-state index < -0.39 is 11.8 Å². The summed E-state index contributed by atoms with van der Waals surface area (Å²) in [5.74, 6) is -1.01. The molecule has 9 nitrogen and oxygen atoms in total. The number of pyridine rings is 1. The number of nitrogens with one attached hydrogen (secondary N) is 1. The van der Waals surface area contributed by atoms with Crippen molar-refractivity contribution >= 4 is 34.2 Å². The van der Waals surface area contributed by atoms with Gasteiger partial charge in [-0.1, -0.05) is 0 Å². The van der Waals surface area contributed by atoms with E-state index in [2.05, 4.69) is 20.3 Å². The number of carbonyl (C=O) groups is 2. The van der Waals surface area contributed by atoms with Gasteiger partial charge in [-0.2, -0.15) is 4.99 Å². The Hall–Kier alpha value is -3.53. The largest absolute Gasteiger partial charge is 0.449 e. The summed E-state index contributed by atoms with van der Waals surface area (Å²) in [5, 5.41) is 4.27. The number of nitrogens with two attached hydrogens (primary N) is 2. The molecule has 0 radical (unpaired) electrons. The molecule has 0 aliphatic heterocycles. The Kier molecular flexibility index (Phi) is 4.53. The van der Waals surface area contributed by atoms with Crippen LogP contribution in [0.2, 0.25) is 0 Å². The molecule has 5 N–H and O–H groups in total. The van der Waals surface area contributed by atoms with E-state index in [-0.39, 0.29) is 17.3 Å². The van der Waals surface area contributed by atoms with E-state index >= 15 is 0 Å². The molecule has 25 heavy (non-hydrogen) atoms. The second kappa shape index (κ2) is 6.93. The molecule has 0 aliphatic carbocycles. The van der Waals surface area contributed by atoms with Crippen molar-refractivity contribution in [2.45, 2.75) is 0 Å². The second-order valence-electron chi connectivity index (χ2n) is 4.74. The number of amides is 2. The van der Waals surface area contributed by atoms with Crippen LogP contribution in [0.15, 0.2) is 51.4 Å². The van der Waals surface area contributed by atoms with Crippen molar-refractivity contribution in [1.29, 1.82) is 0 Å². The minimum absolute atomic E-state index is 0.0244. The first-order valence-corrected chi connectivity index (χ1v) is 7.82. The molecule has 3 aromatic rings. The normalized spacial score (nSPS) is 10.2. The molecule has 0 aromatic carbocycles. The van der Waals surface area contributed by atoms with Gasteiger partial charge in [0.15, 0.2) is 17.5 Å². The highest BCUT2D eigenvalue weighted by molar-refractivity contribution is 7.13. The highest BCUT2D eigenvalue weighted by Gasteiger charge is 2.17. The standard InChI is InChI=1S/C15H12N6O3S/c16-14(17)21-15-19-9(7-25-15)10-3-4-11(24-10)13(23)20-12(22)8-2-1-5-18-6-8/h1-7H,(H,20,22,23)(H4,16,17,19,21). The Morgan fingerprint density at radius 3 is 2.76 bits per heavy atom. The lowest BCUT2D eigenvalue weighted by Crippen LogP contribution is -2.30. The maximum Gasteiger partial charge on any atom is 0.293 e. The molecule has 0 aliphatic rings. The molecule has 10 heteroatoms. The number of guanidine groups is 1. The average molecular weight is 356 g/mol. The van der Waals surface area contributed by atoms with Crippen molar-refractivity contribution in [3.05, 3.63) is 53.4 Å². The molecule has 0 spiro atoms. The number of aromatic nitrogens is 2. The quantitative estimate of drug-likeness (QED) is 0.362. The zero-order chi connectivity index (χ0) is 17.8. The molecule has 0 saturated carbocycles. The summed E-state index contributed by atoms with van der Waals surface area (Å²) in [6, 6.07) is 6.16. The molecule has 126 valence electrons. The first kappa shape index (κ1) is 16.3. The van der Waals surface area contributed by atoms with Gasteiger partial charge in [0.25, 0.3) is 11.8 Å². The predicted octanol–water partition coefficient (Wildman–Crippen LogP) is 1.27. The van der Waals surface area contributed by atoms with E-state index in [0.29, 0.717) is 16.6 Å². The van der Waals surface area contributed by atoms with Crippen LogP contribution in [0.3, 0.4) is 0 Å².